The van der Waals surface area contributed by atoms with Crippen LogP contribution in [0.1, 0.15) is 35.5 Å². The SMILES string of the molecule is CC(C)Oc1ccc(-c2c(Oc3ccc(C(F)(F)F)cn3)ccc3[nH]c(CC(=O)O)c(C(=O)O)c23)cc1. The van der Waals surface area contributed by atoms with Gasteiger partial charge in [0.15, 0.2) is 0 Å². The molecule has 4 aromatic rings. The minimum Gasteiger partial charge on any atom is -0.491 e. The van der Waals surface area contributed by atoms with Crippen molar-refractivity contribution < 1.29 is 42.4 Å². The van der Waals surface area contributed by atoms with Crippen molar-refractivity contribution in [3.8, 4) is 28.5 Å². The fraction of sp³-hybridized carbons (Fsp3) is 0.192. The summed E-state index contributed by atoms with van der Waals surface area (Å²) in [4.78, 5) is 30.2. The molecule has 0 bridgehead atoms. The molecule has 0 unspecified atom stereocenters. The van der Waals surface area contributed by atoms with Crippen LogP contribution >= 0.6 is 0 Å². The number of alkyl halides is 3. The molecule has 0 saturated carbocycles. The van der Waals surface area contributed by atoms with Crippen molar-refractivity contribution in [2.24, 2.45) is 0 Å². The summed E-state index contributed by atoms with van der Waals surface area (Å²) in [7, 11) is 0. The number of carbonyl (C=O) groups is 2. The van der Waals surface area contributed by atoms with Crippen molar-refractivity contribution in [1.29, 1.82) is 0 Å². The van der Waals surface area contributed by atoms with E-state index in [-0.39, 0.29) is 34.4 Å². The first-order valence-electron chi connectivity index (χ1n) is 11.0. The minimum absolute atomic E-state index is 0.0131. The van der Waals surface area contributed by atoms with E-state index in [0.717, 1.165) is 12.1 Å². The summed E-state index contributed by atoms with van der Waals surface area (Å²) >= 11 is 0. The van der Waals surface area contributed by atoms with E-state index < -0.39 is 30.1 Å². The summed E-state index contributed by atoms with van der Waals surface area (Å²) in [5.74, 6) is -2.05. The first-order valence-corrected chi connectivity index (χ1v) is 11.0. The molecule has 0 atom stereocenters. The van der Waals surface area contributed by atoms with Crippen LogP contribution in [0.3, 0.4) is 0 Å². The van der Waals surface area contributed by atoms with E-state index in [4.69, 9.17) is 9.47 Å². The van der Waals surface area contributed by atoms with Gasteiger partial charge >= 0.3 is 18.1 Å². The number of carboxylic acid groups (broad SMARTS) is 2. The number of aliphatic carboxylic acids is 1. The first kappa shape index (κ1) is 25.5. The van der Waals surface area contributed by atoms with Crippen LogP contribution in [0, 0.1) is 0 Å². The number of halogens is 3. The molecule has 2 aromatic heterocycles. The number of nitrogens with zero attached hydrogens (tertiary/aromatic N) is 1. The Kier molecular flexibility index (Phi) is 6.80. The average Bonchev–Trinajstić information content (AvgIpc) is 3.16. The number of aromatic amines is 1. The molecular formula is C26H21F3N2O6. The molecule has 0 aliphatic rings. The van der Waals surface area contributed by atoms with Gasteiger partial charge < -0.3 is 24.7 Å². The predicted octanol–water partition coefficient (Wildman–Crippen LogP) is 6.15. The highest BCUT2D eigenvalue weighted by molar-refractivity contribution is 6.12. The molecule has 0 aliphatic heterocycles. The third-order valence-electron chi connectivity index (χ3n) is 5.34. The predicted molar refractivity (Wildman–Crippen MR) is 127 cm³/mol. The van der Waals surface area contributed by atoms with Gasteiger partial charge in [0.1, 0.15) is 11.5 Å². The zero-order chi connectivity index (χ0) is 26.9. The monoisotopic (exact) mass is 514 g/mol. The van der Waals surface area contributed by atoms with Gasteiger partial charge in [0.2, 0.25) is 5.88 Å². The number of rotatable bonds is 8. The Morgan fingerprint density at radius 2 is 1.73 bits per heavy atom. The number of carboxylic acids is 2. The molecule has 2 aromatic carbocycles. The molecule has 0 fully saturated rings. The van der Waals surface area contributed by atoms with Crippen molar-refractivity contribution in [2.75, 3.05) is 0 Å². The number of benzene rings is 2. The summed E-state index contributed by atoms with van der Waals surface area (Å²) in [5, 5.41) is 19.4. The molecular weight excluding hydrogens is 493 g/mol. The third kappa shape index (κ3) is 5.50. The highest BCUT2D eigenvalue weighted by Gasteiger charge is 2.31. The Morgan fingerprint density at radius 1 is 1.03 bits per heavy atom. The van der Waals surface area contributed by atoms with E-state index in [2.05, 4.69) is 9.97 Å². The number of aromatic carboxylic acids is 1. The van der Waals surface area contributed by atoms with Crippen LogP contribution in [0.15, 0.2) is 54.7 Å². The molecule has 4 rings (SSSR count). The largest absolute Gasteiger partial charge is 0.491 e. The molecule has 0 saturated heterocycles. The summed E-state index contributed by atoms with van der Waals surface area (Å²) in [5.41, 5.74) is -0.0682. The lowest BCUT2D eigenvalue weighted by Gasteiger charge is -2.15. The number of H-pyrrole nitrogens is 1. The number of nitrogens with one attached hydrogen (secondary N) is 1. The topological polar surface area (TPSA) is 122 Å². The smallest absolute Gasteiger partial charge is 0.417 e. The van der Waals surface area contributed by atoms with Gasteiger partial charge in [-0.2, -0.15) is 13.2 Å². The van der Waals surface area contributed by atoms with Crippen molar-refractivity contribution in [2.45, 2.75) is 32.5 Å². The van der Waals surface area contributed by atoms with E-state index in [1.165, 1.54) is 12.1 Å². The summed E-state index contributed by atoms with van der Waals surface area (Å²) in [6, 6.07) is 11.6. The highest BCUT2D eigenvalue weighted by atomic mass is 19.4. The van der Waals surface area contributed by atoms with Gasteiger partial charge in [-0.1, -0.05) is 12.1 Å². The van der Waals surface area contributed by atoms with Gasteiger partial charge in [0, 0.05) is 34.4 Å². The maximum absolute atomic E-state index is 12.9. The molecule has 3 N–H and O–H groups in total. The molecule has 0 radical (unpaired) electrons. The van der Waals surface area contributed by atoms with Gasteiger partial charge in [-0.05, 0) is 49.7 Å². The van der Waals surface area contributed by atoms with Crippen LogP contribution in [-0.2, 0) is 17.4 Å². The molecule has 0 aliphatic carbocycles. The molecule has 2 heterocycles. The number of ether oxygens (including phenoxy) is 2. The van der Waals surface area contributed by atoms with Crippen molar-refractivity contribution in [3.63, 3.8) is 0 Å². The van der Waals surface area contributed by atoms with E-state index in [1.54, 1.807) is 24.3 Å². The maximum Gasteiger partial charge on any atom is 0.417 e. The Morgan fingerprint density at radius 3 is 2.27 bits per heavy atom. The average molecular weight is 514 g/mol. The van der Waals surface area contributed by atoms with Gasteiger partial charge in [-0.25, -0.2) is 9.78 Å². The van der Waals surface area contributed by atoms with Gasteiger partial charge in [-0.3, -0.25) is 4.79 Å². The number of hydrogen-bond acceptors (Lipinski definition) is 5. The number of aromatic nitrogens is 2. The van der Waals surface area contributed by atoms with E-state index in [1.807, 2.05) is 13.8 Å². The Bertz CT molecular complexity index is 1460. The lowest BCUT2D eigenvalue weighted by molar-refractivity contribution is -0.138. The van der Waals surface area contributed by atoms with Gasteiger partial charge in [0.25, 0.3) is 0 Å². The standard InChI is InChI=1S/C26H21F3N2O6/c1-13(2)36-16-6-3-14(4-7-16)22-19(37-20-10-5-15(12-30-20)26(27,28)29)9-8-17-23(22)24(25(34)35)18(31-17)11-21(32)33/h3-10,12-13,31H,11H2,1-2H3,(H,32,33)(H,34,35). The van der Waals surface area contributed by atoms with Crippen LogP contribution in [0.25, 0.3) is 22.0 Å². The fourth-order valence-electron chi connectivity index (χ4n) is 3.91. The summed E-state index contributed by atoms with van der Waals surface area (Å²) < 4.78 is 50.3. The summed E-state index contributed by atoms with van der Waals surface area (Å²) in [6.07, 6.45) is -4.58. The van der Waals surface area contributed by atoms with E-state index in [9.17, 15) is 33.0 Å². The molecule has 0 amide bonds. The zero-order valence-electron chi connectivity index (χ0n) is 19.6. The third-order valence-corrected chi connectivity index (χ3v) is 5.34. The maximum atomic E-state index is 12.9. The van der Waals surface area contributed by atoms with Gasteiger partial charge in [0.05, 0.1) is 23.7 Å². The molecule has 192 valence electrons. The highest BCUT2D eigenvalue weighted by Crippen LogP contribution is 2.42. The number of pyridine rings is 1. The summed E-state index contributed by atoms with van der Waals surface area (Å²) in [6.45, 7) is 3.72. The van der Waals surface area contributed by atoms with Crippen molar-refractivity contribution in [3.05, 3.63) is 71.5 Å². The lowest BCUT2D eigenvalue weighted by atomic mass is 9.96. The fourth-order valence-corrected chi connectivity index (χ4v) is 3.91. The Balaban J connectivity index is 1.91. The van der Waals surface area contributed by atoms with Crippen molar-refractivity contribution >= 4 is 22.8 Å². The quantitative estimate of drug-likeness (QED) is 0.258. The molecule has 0 spiro atoms. The van der Waals surface area contributed by atoms with Crippen molar-refractivity contribution in [1.82, 2.24) is 9.97 Å². The molecule has 37 heavy (non-hydrogen) atoms. The Hall–Kier alpha value is -4.54. The van der Waals surface area contributed by atoms with E-state index in [0.29, 0.717) is 28.6 Å². The number of fused-ring (bicyclic) bond motifs is 1. The lowest BCUT2D eigenvalue weighted by Crippen LogP contribution is -2.07. The second-order valence-electron chi connectivity index (χ2n) is 8.39. The first-order chi connectivity index (χ1) is 17.4. The van der Waals surface area contributed by atoms with Crippen LogP contribution < -0.4 is 9.47 Å². The molecule has 8 nitrogen and oxygen atoms in total. The second kappa shape index (κ2) is 9.84. The van der Waals surface area contributed by atoms with Crippen LogP contribution in [0.5, 0.6) is 17.4 Å². The molecule has 11 heteroatoms. The Labute approximate surface area is 208 Å². The number of hydrogen-bond donors (Lipinski definition) is 3. The van der Waals surface area contributed by atoms with E-state index >= 15 is 0 Å². The minimum atomic E-state index is -4.57. The van der Waals surface area contributed by atoms with Crippen LogP contribution in [-0.4, -0.2) is 38.2 Å². The zero-order valence-corrected chi connectivity index (χ0v) is 19.6. The normalized spacial score (nSPS) is 11.6. The van der Waals surface area contributed by atoms with Gasteiger partial charge in [-0.15, -0.1) is 0 Å². The van der Waals surface area contributed by atoms with Crippen LogP contribution in [0.4, 0.5) is 13.2 Å². The van der Waals surface area contributed by atoms with Crippen LogP contribution in [0.2, 0.25) is 0 Å². The second-order valence-corrected chi connectivity index (χ2v) is 8.39.